The Hall–Kier alpha value is -3.68. The molecular formula is C19H17FN6O. The third-order valence-corrected chi connectivity index (χ3v) is 4.10. The average molecular weight is 364 g/mol. The number of hydrogen-bond donors (Lipinski definition) is 2. The van der Waals surface area contributed by atoms with Crippen molar-refractivity contribution in [3.8, 4) is 11.6 Å². The van der Waals surface area contributed by atoms with Gasteiger partial charge in [-0.2, -0.15) is 9.97 Å². The monoisotopic (exact) mass is 364 g/mol. The lowest BCUT2D eigenvalue weighted by molar-refractivity contribution is 0.386. The van der Waals surface area contributed by atoms with Gasteiger partial charge in [0.05, 0.1) is 18.1 Å². The minimum Gasteiger partial charge on any atom is -0.494 e. The molecule has 27 heavy (non-hydrogen) atoms. The molecule has 7 nitrogen and oxygen atoms in total. The van der Waals surface area contributed by atoms with Crippen molar-refractivity contribution in [2.24, 2.45) is 0 Å². The number of anilines is 3. The van der Waals surface area contributed by atoms with Gasteiger partial charge in [-0.15, -0.1) is 0 Å². The van der Waals surface area contributed by atoms with Crippen LogP contribution in [0.25, 0.3) is 16.9 Å². The molecule has 8 heteroatoms. The maximum absolute atomic E-state index is 13.9. The number of methoxy groups -OCH3 is 1. The summed E-state index contributed by atoms with van der Waals surface area (Å²) in [5.74, 6) is 1.57. The Bertz CT molecular complexity index is 1140. The van der Waals surface area contributed by atoms with Crippen LogP contribution in [0.5, 0.6) is 5.75 Å². The van der Waals surface area contributed by atoms with Gasteiger partial charge in [0.2, 0.25) is 5.95 Å². The van der Waals surface area contributed by atoms with Crippen LogP contribution < -0.4 is 15.8 Å². The smallest absolute Gasteiger partial charge is 0.231 e. The topological polar surface area (TPSA) is 90.9 Å². The van der Waals surface area contributed by atoms with Crippen molar-refractivity contribution in [3.05, 3.63) is 60.2 Å². The van der Waals surface area contributed by atoms with Gasteiger partial charge >= 0.3 is 0 Å². The highest BCUT2D eigenvalue weighted by Gasteiger charge is 2.13. The fourth-order valence-corrected chi connectivity index (χ4v) is 2.93. The number of aryl methyl sites for hydroxylation is 1. The van der Waals surface area contributed by atoms with Gasteiger partial charge in [-0.3, -0.25) is 4.57 Å². The number of halogens is 1. The third kappa shape index (κ3) is 3.12. The summed E-state index contributed by atoms with van der Waals surface area (Å²) in [6.07, 6.45) is 0. The number of rotatable bonds is 4. The molecule has 0 aliphatic carbocycles. The Kier molecular flexibility index (Phi) is 4.08. The molecule has 4 aromatic rings. The van der Waals surface area contributed by atoms with Crippen molar-refractivity contribution in [1.82, 2.24) is 19.5 Å². The number of nitrogen functional groups attached to an aromatic ring is 1. The fraction of sp³-hybridized carbons (Fsp3) is 0.105. The molecule has 0 saturated carbocycles. The van der Waals surface area contributed by atoms with E-state index < -0.39 is 5.82 Å². The summed E-state index contributed by atoms with van der Waals surface area (Å²) in [5.41, 5.74) is 8.23. The van der Waals surface area contributed by atoms with Crippen molar-refractivity contribution in [1.29, 1.82) is 0 Å². The van der Waals surface area contributed by atoms with E-state index in [1.165, 1.54) is 19.2 Å². The number of imidazole rings is 1. The molecule has 0 unspecified atom stereocenters. The number of para-hydroxylation sites is 2. The SMILES string of the molecule is COc1ccc(Nc2nc(N)cc(-n3c(C)nc4ccccc43)n2)cc1F. The summed E-state index contributed by atoms with van der Waals surface area (Å²) in [7, 11) is 1.41. The molecule has 0 fully saturated rings. The molecule has 4 rings (SSSR count). The Morgan fingerprint density at radius 2 is 1.89 bits per heavy atom. The van der Waals surface area contributed by atoms with Crippen LogP contribution in [0.1, 0.15) is 5.82 Å². The first-order chi connectivity index (χ1) is 13.0. The minimum atomic E-state index is -0.483. The predicted molar refractivity (Wildman–Crippen MR) is 102 cm³/mol. The number of nitrogens with one attached hydrogen (secondary N) is 1. The van der Waals surface area contributed by atoms with Crippen LogP contribution in [0.4, 0.5) is 21.8 Å². The van der Waals surface area contributed by atoms with Crippen molar-refractivity contribution in [2.75, 3.05) is 18.2 Å². The van der Waals surface area contributed by atoms with E-state index >= 15 is 0 Å². The molecule has 0 spiro atoms. The van der Waals surface area contributed by atoms with E-state index in [0.717, 1.165) is 16.9 Å². The molecule has 3 N–H and O–H groups in total. The van der Waals surface area contributed by atoms with E-state index in [0.29, 0.717) is 11.5 Å². The molecule has 0 atom stereocenters. The van der Waals surface area contributed by atoms with Crippen molar-refractivity contribution in [3.63, 3.8) is 0 Å². The standard InChI is InChI=1S/C19H17FN6O/c1-11-22-14-5-3-4-6-15(14)26(11)18-10-17(21)24-19(25-18)23-12-7-8-16(27-2)13(20)9-12/h3-10H,1-2H3,(H3,21,23,24,25). The van der Waals surface area contributed by atoms with Crippen molar-refractivity contribution in [2.45, 2.75) is 6.92 Å². The predicted octanol–water partition coefficient (Wildman–Crippen LogP) is 3.60. The van der Waals surface area contributed by atoms with Gasteiger partial charge in [-0.1, -0.05) is 12.1 Å². The quantitative estimate of drug-likeness (QED) is 0.575. The second kappa shape index (κ2) is 6.56. The van der Waals surface area contributed by atoms with Gasteiger partial charge in [-0.25, -0.2) is 9.37 Å². The van der Waals surface area contributed by atoms with Gasteiger partial charge in [0.1, 0.15) is 17.5 Å². The molecule has 2 heterocycles. The summed E-state index contributed by atoms with van der Waals surface area (Å²) in [6.45, 7) is 1.89. The molecule has 0 aliphatic heterocycles. The number of nitrogens with zero attached hydrogens (tertiary/aromatic N) is 4. The first-order valence-electron chi connectivity index (χ1n) is 8.25. The first kappa shape index (κ1) is 16.8. The molecule has 2 aromatic heterocycles. The largest absolute Gasteiger partial charge is 0.494 e. The molecule has 0 amide bonds. The van der Waals surface area contributed by atoms with Crippen LogP contribution in [0.15, 0.2) is 48.5 Å². The molecular weight excluding hydrogens is 347 g/mol. The number of fused-ring (bicyclic) bond motifs is 1. The Morgan fingerprint density at radius 1 is 1.07 bits per heavy atom. The maximum Gasteiger partial charge on any atom is 0.231 e. The highest BCUT2D eigenvalue weighted by atomic mass is 19.1. The van der Waals surface area contributed by atoms with E-state index in [1.54, 1.807) is 12.1 Å². The summed E-state index contributed by atoms with van der Waals surface area (Å²) in [4.78, 5) is 13.3. The third-order valence-electron chi connectivity index (χ3n) is 4.10. The summed E-state index contributed by atoms with van der Waals surface area (Å²) >= 11 is 0. The van der Waals surface area contributed by atoms with E-state index in [2.05, 4.69) is 20.3 Å². The number of ether oxygens (including phenoxy) is 1. The molecule has 0 bridgehead atoms. The zero-order valence-electron chi connectivity index (χ0n) is 14.8. The number of benzene rings is 2. The number of aromatic nitrogens is 4. The van der Waals surface area contributed by atoms with E-state index in [9.17, 15) is 4.39 Å². The molecule has 0 saturated heterocycles. The fourth-order valence-electron chi connectivity index (χ4n) is 2.93. The van der Waals surface area contributed by atoms with Gasteiger partial charge in [0, 0.05) is 17.8 Å². The van der Waals surface area contributed by atoms with Crippen LogP contribution >= 0.6 is 0 Å². The Labute approximate surface area is 154 Å². The van der Waals surface area contributed by atoms with Crippen molar-refractivity contribution >= 4 is 28.5 Å². The molecule has 0 radical (unpaired) electrons. The lowest BCUT2D eigenvalue weighted by atomic mass is 10.3. The van der Waals surface area contributed by atoms with Crippen LogP contribution in [-0.4, -0.2) is 26.6 Å². The number of hydrogen-bond acceptors (Lipinski definition) is 6. The first-order valence-corrected chi connectivity index (χ1v) is 8.25. The zero-order valence-corrected chi connectivity index (χ0v) is 14.8. The van der Waals surface area contributed by atoms with Gasteiger partial charge in [0.25, 0.3) is 0 Å². The minimum absolute atomic E-state index is 0.162. The number of nitrogens with two attached hydrogens (primary N) is 1. The highest BCUT2D eigenvalue weighted by Crippen LogP contribution is 2.25. The molecule has 2 aromatic carbocycles. The van der Waals surface area contributed by atoms with E-state index in [4.69, 9.17) is 10.5 Å². The average Bonchev–Trinajstić information content (AvgIpc) is 2.97. The second-order valence-corrected chi connectivity index (χ2v) is 5.93. The Morgan fingerprint density at radius 3 is 2.67 bits per heavy atom. The lowest BCUT2D eigenvalue weighted by Gasteiger charge is -2.11. The van der Waals surface area contributed by atoms with Gasteiger partial charge in [0.15, 0.2) is 11.6 Å². The lowest BCUT2D eigenvalue weighted by Crippen LogP contribution is -2.07. The van der Waals surface area contributed by atoms with Gasteiger partial charge < -0.3 is 15.8 Å². The van der Waals surface area contributed by atoms with Crippen LogP contribution in [0, 0.1) is 12.7 Å². The van der Waals surface area contributed by atoms with E-state index in [-0.39, 0.29) is 17.5 Å². The van der Waals surface area contributed by atoms with Gasteiger partial charge in [-0.05, 0) is 31.2 Å². The summed E-state index contributed by atoms with van der Waals surface area (Å²) < 4.78 is 20.7. The zero-order chi connectivity index (χ0) is 19.0. The van der Waals surface area contributed by atoms with Crippen LogP contribution in [0.3, 0.4) is 0 Å². The van der Waals surface area contributed by atoms with E-state index in [1.807, 2.05) is 35.8 Å². The van der Waals surface area contributed by atoms with Crippen LogP contribution in [0.2, 0.25) is 0 Å². The summed E-state index contributed by atoms with van der Waals surface area (Å²) in [5, 5.41) is 2.98. The summed E-state index contributed by atoms with van der Waals surface area (Å²) in [6, 6.07) is 13.9. The highest BCUT2D eigenvalue weighted by molar-refractivity contribution is 5.78. The maximum atomic E-state index is 13.9. The molecule has 0 aliphatic rings. The van der Waals surface area contributed by atoms with Crippen LogP contribution in [-0.2, 0) is 0 Å². The molecule has 136 valence electrons. The Balaban J connectivity index is 1.75. The second-order valence-electron chi connectivity index (χ2n) is 5.93. The normalized spacial score (nSPS) is 10.9. The van der Waals surface area contributed by atoms with Crippen molar-refractivity contribution < 1.29 is 9.13 Å².